The highest BCUT2D eigenvalue weighted by molar-refractivity contribution is 7.10. The van der Waals surface area contributed by atoms with Crippen LogP contribution in [0.25, 0.3) is 6.08 Å². The smallest absolute Gasteiger partial charge is 0.268 e. The predicted molar refractivity (Wildman–Crippen MR) is 130 cm³/mol. The van der Waals surface area contributed by atoms with Crippen LogP contribution in [0.4, 0.5) is 0 Å². The molecule has 3 aromatic rings. The van der Waals surface area contributed by atoms with Crippen LogP contribution in [0.2, 0.25) is 0 Å². The van der Waals surface area contributed by atoms with Crippen molar-refractivity contribution in [2.45, 2.75) is 25.3 Å². The zero-order valence-electron chi connectivity index (χ0n) is 18.6. The van der Waals surface area contributed by atoms with E-state index in [9.17, 15) is 9.59 Å². The van der Waals surface area contributed by atoms with Gasteiger partial charge in [0.15, 0.2) is 0 Å². The molecule has 1 atom stereocenters. The Hall–Kier alpha value is -3.58. The minimum Gasteiger partial charge on any atom is -0.497 e. The molecule has 0 radical (unpaired) electrons. The van der Waals surface area contributed by atoms with E-state index in [1.807, 2.05) is 35.7 Å². The summed E-state index contributed by atoms with van der Waals surface area (Å²) < 4.78 is 10.5. The van der Waals surface area contributed by atoms with E-state index in [0.29, 0.717) is 11.3 Å². The molecule has 1 heterocycles. The molecule has 0 fully saturated rings. The maximum absolute atomic E-state index is 13.3. The summed E-state index contributed by atoms with van der Waals surface area (Å²) in [6, 6.07) is 16.4. The van der Waals surface area contributed by atoms with Gasteiger partial charge in [0, 0.05) is 10.4 Å². The Labute approximate surface area is 197 Å². The summed E-state index contributed by atoms with van der Waals surface area (Å²) in [5.74, 6) is 0.792. The maximum Gasteiger partial charge on any atom is 0.268 e. The molecule has 0 saturated heterocycles. The summed E-state index contributed by atoms with van der Waals surface area (Å²) in [7, 11) is 3.22. The van der Waals surface area contributed by atoms with Crippen LogP contribution in [0.1, 0.15) is 45.2 Å². The van der Waals surface area contributed by atoms with Crippen LogP contribution in [0.3, 0.4) is 0 Å². The van der Waals surface area contributed by atoms with Gasteiger partial charge < -0.3 is 20.1 Å². The Morgan fingerprint density at radius 2 is 1.79 bits per heavy atom. The lowest BCUT2D eigenvalue weighted by atomic mass is 9.87. The van der Waals surface area contributed by atoms with Gasteiger partial charge in [0.05, 0.1) is 20.3 Å². The van der Waals surface area contributed by atoms with Crippen molar-refractivity contribution in [2.24, 2.45) is 0 Å². The number of benzene rings is 2. The van der Waals surface area contributed by atoms with Gasteiger partial charge in [-0.15, -0.1) is 11.3 Å². The average Bonchev–Trinajstić information content (AvgIpc) is 3.36. The van der Waals surface area contributed by atoms with Crippen molar-refractivity contribution in [3.8, 4) is 11.5 Å². The van der Waals surface area contributed by atoms with E-state index < -0.39 is 0 Å². The number of amides is 2. The molecule has 33 heavy (non-hydrogen) atoms. The highest BCUT2D eigenvalue weighted by atomic mass is 32.1. The predicted octanol–water partition coefficient (Wildman–Crippen LogP) is 4.73. The molecule has 0 unspecified atom stereocenters. The molecule has 4 rings (SSSR count). The standard InChI is InChI=1S/C26H26N2O4S/c1-31-19-10-8-17(9-11-19)25(29)28-24(16-21-6-4-14-33-21)26(30)27-23-7-3-5-18-15-20(32-2)12-13-22(18)23/h4,6,8-16,23H,3,5,7H2,1-2H3,(H,27,30)(H,28,29)/b24-16-/t23-/m1/s1. The van der Waals surface area contributed by atoms with Gasteiger partial charge >= 0.3 is 0 Å². The molecule has 1 aromatic heterocycles. The molecule has 0 aliphatic heterocycles. The molecule has 1 aliphatic carbocycles. The van der Waals surface area contributed by atoms with Crippen molar-refractivity contribution in [3.05, 3.63) is 87.2 Å². The minimum absolute atomic E-state index is 0.128. The van der Waals surface area contributed by atoms with E-state index in [1.54, 1.807) is 44.6 Å². The van der Waals surface area contributed by atoms with Gasteiger partial charge in [0.2, 0.25) is 0 Å². The van der Waals surface area contributed by atoms with Crippen molar-refractivity contribution in [2.75, 3.05) is 14.2 Å². The number of aryl methyl sites for hydroxylation is 1. The molecule has 170 valence electrons. The van der Waals surface area contributed by atoms with E-state index in [4.69, 9.17) is 9.47 Å². The van der Waals surface area contributed by atoms with E-state index in [-0.39, 0.29) is 23.6 Å². The Balaban J connectivity index is 1.55. The quantitative estimate of drug-likeness (QED) is 0.498. The second-order valence-corrected chi connectivity index (χ2v) is 8.72. The van der Waals surface area contributed by atoms with Gasteiger partial charge in [-0.3, -0.25) is 9.59 Å². The fourth-order valence-electron chi connectivity index (χ4n) is 3.91. The fourth-order valence-corrected chi connectivity index (χ4v) is 4.57. The third-order valence-electron chi connectivity index (χ3n) is 5.64. The third-order valence-corrected chi connectivity index (χ3v) is 6.46. The lowest BCUT2D eigenvalue weighted by molar-refractivity contribution is -0.118. The molecular weight excluding hydrogens is 436 g/mol. The summed E-state index contributed by atoms with van der Waals surface area (Å²) >= 11 is 1.50. The van der Waals surface area contributed by atoms with Gasteiger partial charge in [0.25, 0.3) is 11.8 Å². The van der Waals surface area contributed by atoms with Crippen molar-refractivity contribution in [3.63, 3.8) is 0 Å². The van der Waals surface area contributed by atoms with Gasteiger partial charge in [-0.05, 0) is 84.3 Å². The first-order valence-corrected chi connectivity index (χ1v) is 11.6. The number of hydrogen-bond acceptors (Lipinski definition) is 5. The monoisotopic (exact) mass is 462 g/mol. The van der Waals surface area contributed by atoms with E-state index in [0.717, 1.165) is 35.5 Å². The zero-order valence-corrected chi connectivity index (χ0v) is 19.4. The summed E-state index contributed by atoms with van der Waals surface area (Å²) in [5.41, 5.74) is 2.92. The van der Waals surface area contributed by atoms with Crippen LogP contribution in [-0.2, 0) is 11.2 Å². The van der Waals surface area contributed by atoms with Crippen LogP contribution in [0.5, 0.6) is 11.5 Å². The lowest BCUT2D eigenvalue weighted by Gasteiger charge is -2.27. The SMILES string of the molecule is COc1ccc(C(=O)N/C(=C\c2cccs2)C(=O)N[C@@H]2CCCc3cc(OC)ccc32)cc1. The largest absolute Gasteiger partial charge is 0.497 e. The van der Waals surface area contributed by atoms with Gasteiger partial charge in [-0.25, -0.2) is 0 Å². The van der Waals surface area contributed by atoms with Crippen molar-refractivity contribution in [1.29, 1.82) is 0 Å². The molecule has 2 aromatic carbocycles. The van der Waals surface area contributed by atoms with Crippen LogP contribution in [-0.4, -0.2) is 26.0 Å². The number of hydrogen-bond donors (Lipinski definition) is 2. The number of thiophene rings is 1. The normalized spacial score (nSPS) is 15.3. The summed E-state index contributed by atoms with van der Waals surface area (Å²) in [4.78, 5) is 27.0. The van der Waals surface area contributed by atoms with Crippen molar-refractivity contribution in [1.82, 2.24) is 10.6 Å². The highest BCUT2D eigenvalue weighted by Gasteiger charge is 2.24. The third kappa shape index (κ3) is 5.43. The molecule has 0 bridgehead atoms. The van der Waals surface area contributed by atoms with Crippen LogP contribution in [0.15, 0.2) is 65.7 Å². The second-order valence-electron chi connectivity index (χ2n) is 7.74. The number of ether oxygens (including phenoxy) is 2. The fraction of sp³-hybridized carbons (Fsp3) is 0.231. The van der Waals surface area contributed by atoms with Gasteiger partial charge in [-0.2, -0.15) is 0 Å². The molecule has 0 spiro atoms. The van der Waals surface area contributed by atoms with Crippen molar-refractivity contribution >= 4 is 29.2 Å². The topological polar surface area (TPSA) is 76.7 Å². The van der Waals surface area contributed by atoms with Gasteiger partial charge in [0.1, 0.15) is 17.2 Å². The number of rotatable bonds is 7. The second kappa shape index (κ2) is 10.4. The number of carbonyl (C=O) groups is 2. The van der Waals surface area contributed by atoms with E-state index >= 15 is 0 Å². The Morgan fingerprint density at radius 3 is 2.48 bits per heavy atom. The molecule has 2 N–H and O–H groups in total. The Morgan fingerprint density at radius 1 is 1.03 bits per heavy atom. The molecule has 1 aliphatic rings. The molecular formula is C26H26N2O4S. The lowest BCUT2D eigenvalue weighted by Crippen LogP contribution is -2.37. The number of nitrogens with one attached hydrogen (secondary N) is 2. The molecule has 2 amide bonds. The molecule has 0 saturated carbocycles. The van der Waals surface area contributed by atoms with E-state index in [2.05, 4.69) is 10.6 Å². The van der Waals surface area contributed by atoms with E-state index in [1.165, 1.54) is 16.9 Å². The first-order valence-electron chi connectivity index (χ1n) is 10.8. The zero-order chi connectivity index (χ0) is 23.2. The first kappa shape index (κ1) is 22.6. The van der Waals surface area contributed by atoms with Crippen LogP contribution < -0.4 is 20.1 Å². The van der Waals surface area contributed by atoms with Crippen molar-refractivity contribution < 1.29 is 19.1 Å². The van der Waals surface area contributed by atoms with Crippen LogP contribution >= 0.6 is 11.3 Å². The highest BCUT2D eigenvalue weighted by Crippen LogP contribution is 2.32. The number of methoxy groups -OCH3 is 2. The molecule has 7 heteroatoms. The first-order chi connectivity index (χ1) is 16.1. The minimum atomic E-state index is -0.357. The molecule has 6 nitrogen and oxygen atoms in total. The summed E-state index contributed by atoms with van der Waals surface area (Å²) in [5, 5.41) is 7.85. The number of fused-ring (bicyclic) bond motifs is 1. The Kier molecular flexibility index (Phi) is 7.10. The number of carbonyl (C=O) groups excluding carboxylic acids is 2. The summed E-state index contributed by atoms with van der Waals surface area (Å²) in [6.45, 7) is 0. The van der Waals surface area contributed by atoms with Gasteiger partial charge in [-0.1, -0.05) is 12.1 Å². The van der Waals surface area contributed by atoms with Crippen LogP contribution in [0, 0.1) is 0 Å². The maximum atomic E-state index is 13.3. The Bertz CT molecular complexity index is 1150. The summed E-state index contributed by atoms with van der Waals surface area (Å²) in [6.07, 6.45) is 4.46. The average molecular weight is 463 g/mol.